The summed E-state index contributed by atoms with van der Waals surface area (Å²) in [5.41, 5.74) is 3.76. The fourth-order valence-corrected chi connectivity index (χ4v) is 4.89. The van der Waals surface area contributed by atoms with Crippen LogP contribution < -0.4 is 10.9 Å². The van der Waals surface area contributed by atoms with Crippen molar-refractivity contribution in [3.63, 3.8) is 0 Å². The Bertz CT molecular complexity index is 1420. The van der Waals surface area contributed by atoms with Crippen LogP contribution in [0.4, 0.5) is 0 Å². The lowest BCUT2D eigenvalue weighted by Gasteiger charge is -2.25. The zero-order chi connectivity index (χ0) is 25.1. The number of halogens is 1. The normalized spacial score (nSPS) is 13.9. The van der Waals surface area contributed by atoms with Crippen LogP contribution in [-0.4, -0.2) is 21.5 Å². The number of amides is 1. The lowest BCUT2D eigenvalue weighted by atomic mass is 9.95. The molecule has 3 aromatic carbocycles. The van der Waals surface area contributed by atoms with E-state index in [4.69, 9.17) is 16.6 Å². The number of rotatable bonds is 5. The highest BCUT2D eigenvalue weighted by Gasteiger charge is 2.27. The minimum Gasteiger partial charge on any atom is -0.348 e. The van der Waals surface area contributed by atoms with Crippen LogP contribution in [-0.2, 0) is 0 Å². The van der Waals surface area contributed by atoms with Crippen molar-refractivity contribution in [2.24, 2.45) is 0 Å². The maximum Gasteiger partial charge on any atom is 0.282 e. The van der Waals surface area contributed by atoms with E-state index in [-0.39, 0.29) is 28.9 Å². The Balaban J connectivity index is 1.79. The molecule has 5 nitrogen and oxygen atoms in total. The van der Waals surface area contributed by atoms with Gasteiger partial charge in [0.15, 0.2) is 0 Å². The lowest BCUT2D eigenvalue weighted by Crippen LogP contribution is -2.40. The second-order valence-electron chi connectivity index (χ2n) is 9.32. The zero-order valence-corrected chi connectivity index (χ0v) is 21.0. The lowest BCUT2D eigenvalue weighted by molar-refractivity contribution is 0.0920. The van der Waals surface area contributed by atoms with E-state index >= 15 is 0 Å². The highest BCUT2D eigenvalue weighted by molar-refractivity contribution is 6.30. The summed E-state index contributed by atoms with van der Waals surface area (Å²) >= 11 is 6.16. The molecule has 0 radical (unpaired) electrons. The van der Waals surface area contributed by atoms with Crippen LogP contribution >= 0.6 is 11.6 Å². The van der Waals surface area contributed by atoms with Gasteiger partial charge in [-0.15, -0.1) is 0 Å². The van der Waals surface area contributed by atoms with E-state index in [1.165, 1.54) is 11.0 Å². The molecule has 182 valence electrons. The number of benzene rings is 3. The molecule has 0 saturated heterocycles. The first-order valence-corrected chi connectivity index (χ1v) is 12.8. The van der Waals surface area contributed by atoms with Gasteiger partial charge in [-0.2, -0.15) is 0 Å². The van der Waals surface area contributed by atoms with Gasteiger partial charge in [0, 0.05) is 27.9 Å². The molecular formula is C30H28ClN3O2. The first kappa shape index (κ1) is 24.0. The van der Waals surface area contributed by atoms with E-state index < -0.39 is 0 Å². The summed E-state index contributed by atoms with van der Waals surface area (Å²) in [4.78, 5) is 32.7. The molecule has 6 heteroatoms. The number of nitrogens with one attached hydrogen (secondary N) is 1. The van der Waals surface area contributed by atoms with Gasteiger partial charge in [0.25, 0.3) is 11.5 Å². The molecule has 4 aromatic rings. The maximum atomic E-state index is 14.0. The molecule has 0 bridgehead atoms. The van der Waals surface area contributed by atoms with Crippen LogP contribution in [0.3, 0.4) is 0 Å². The second-order valence-corrected chi connectivity index (χ2v) is 9.75. The molecule has 1 heterocycles. The van der Waals surface area contributed by atoms with Crippen molar-refractivity contribution in [1.29, 1.82) is 0 Å². The Kier molecular flexibility index (Phi) is 7.01. The van der Waals surface area contributed by atoms with Crippen molar-refractivity contribution in [2.75, 3.05) is 0 Å². The monoisotopic (exact) mass is 497 g/mol. The summed E-state index contributed by atoms with van der Waals surface area (Å²) in [5, 5.41) is 3.75. The summed E-state index contributed by atoms with van der Waals surface area (Å²) in [6, 6.07) is 24.3. The first-order valence-electron chi connectivity index (χ1n) is 12.4. The number of hydrogen-bond acceptors (Lipinski definition) is 3. The van der Waals surface area contributed by atoms with Gasteiger partial charge >= 0.3 is 0 Å². The molecule has 0 spiro atoms. The van der Waals surface area contributed by atoms with E-state index in [1.54, 1.807) is 24.3 Å². The van der Waals surface area contributed by atoms with Gasteiger partial charge < -0.3 is 5.32 Å². The molecule has 1 saturated carbocycles. The molecule has 0 unspecified atom stereocenters. The average molecular weight is 498 g/mol. The van der Waals surface area contributed by atoms with E-state index in [0.717, 1.165) is 36.8 Å². The summed E-state index contributed by atoms with van der Waals surface area (Å²) < 4.78 is 1.49. The molecule has 1 aliphatic rings. The highest BCUT2D eigenvalue weighted by Crippen LogP contribution is 2.28. The van der Waals surface area contributed by atoms with Crippen molar-refractivity contribution in [1.82, 2.24) is 14.9 Å². The Morgan fingerprint density at radius 1 is 0.861 bits per heavy atom. The number of nitrogens with zero attached hydrogens (tertiary/aromatic N) is 2. The van der Waals surface area contributed by atoms with Gasteiger partial charge in [-0.25, -0.2) is 4.98 Å². The van der Waals surface area contributed by atoms with Crippen LogP contribution in [0.25, 0.3) is 28.2 Å². The van der Waals surface area contributed by atoms with Crippen LogP contribution in [0, 0.1) is 6.92 Å². The summed E-state index contributed by atoms with van der Waals surface area (Å²) in [6.45, 7) is 2.01. The van der Waals surface area contributed by atoms with Crippen LogP contribution in [0.2, 0.25) is 5.02 Å². The van der Waals surface area contributed by atoms with Crippen molar-refractivity contribution < 1.29 is 4.79 Å². The SMILES string of the molecule is Cc1ccc(-c2nc(-c3ccccc3)c(=O)n(-c3ccc(Cl)cc3)c2C(=O)NC2CCCCC2)cc1. The predicted molar refractivity (Wildman–Crippen MR) is 145 cm³/mol. The Labute approximate surface area is 215 Å². The van der Waals surface area contributed by atoms with Crippen LogP contribution in [0.15, 0.2) is 83.7 Å². The molecule has 1 fully saturated rings. The van der Waals surface area contributed by atoms with Gasteiger partial charge in [0.1, 0.15) is 17.1 Å². The Morgan fingerprint density at radius 2 is 1.50 bits per heavy atom. The zero-order valence-electron chi connectivity index (χ0n) is 20.2. The minimum absolute atomic E-state index is 0.0830. The Morgan fingerprint density at radius 3 is 2.17 bits per heavy atom. The van der Waals surface area contributed by atoms with Crippen LogP contribution in [0.1, 0.15) is 48.2 Å². The molecule has 1 aliphatic carbocycles. The molecular weight excluding hydrogens is 470 g/mol. The van der Waals surface area contributed by atoms with E-state index in [9.17, 15) is 9.59 Å². The third kappa shape index (κ3) is 4.98. The molecule has 1 aromatic heterocycles. The number of hydrogen-bond donors (Lipinski definition) is 1. The Hall–Kier alpha value is -3.70. The van der Waals surface area contributed by atoms with Crippen molar-refractivity contribution >= 4 is 17.5 Å². The topological polar surface area (TPSA) is 64.0 Å². The van der Waals surface area contributed by atoms with E-state index in [0.29, 0.717) is 22.0 Å². The predicted octanol–water partition coefficient (Wildman–Crippen LogP) is 6.59. The maximum absolute atomic E-state index is 14.0. The number of carbonyl (C=O) groups is 1. The van der Waals surface area contributed by atoms with Gasteiger partial charge in [-0.3, -0.25) is 14.2 Å². The number of carbonyl (C=O) groups excluding carboxylic acids is 1. The molecule has 0 atom stereocenters. The number of aryl methyl sites for hydroxylation is 1. The standard InChI is InChI=1S/C30H28ClN3O2/c1-20-12-14-22(15-13-20)26-28(29(35)32-24-10-6-3-7-11-24)34(25-18-16-23(31)17-19-25)30(36)27(33-26)21-8-4-2-5-9-21/h2,4-5,8-9,12-19,24H,3,6-7,10-11H2,1H3,(H,32,35). The second kappa shape index (κ2) is 10.5. The van der Waals surface area contributed by atoms with E-state index in [2.05, 4.69) is 5.32 Å². The molecule has 5 rings (SSSR count). The summed E-state index contributed by atoms with van der Waals surface area (Å²) in [6.07, 6.45) is 5.23. The molecule has 36 heavy (non-hydrogen) atoms. The largest absolute Gasteiger partial charge is 0.348 e. The van der Waals surface area contributed by atoms with Crippen molar-refractivity contribution in [3.05, 3.63) is 105 Å². The van der Waals surface area contributed by atoms with Gasteiger partial charge in [-0.1, -0.05) is 91.0 Å². The third-order valence-electron chi connectivity index (χ3n) is 6.69. The third-order valence-corrected chi connectivity index (χ3v) is 6.94. The first-order chi connectivity index (χ1) is 17.5. The quantitative estimate of drug-likeness (QED) is 0.338. The molecule has 1 N–H and O–H groups in total. The summed E-state index contributed by atoms with van der Waals surface area (Å²) in [5.74, 6) is -0.295. The van der Waals surface area contributed by atoms with Gasteiger partial charge in [-0.05, 0) is 44.0 Å². The minimum atomic E-state index is -0.354. The highest BCUT2D eigenvalue weighted by atomic mass is 35.5. The molecule has 1 amide bonds. The average Bonchev–Trinajstić information content (AvgIpc) is 2.90. The number of aromatic nitrogens is 2. The van der Waals surface area contributed by atoms with E-state index in [1.807, 2.05) is 61.5 Å². The van der Waals surface area contributed by atoms with Crippen molar-refractivity contribution in [2.45, 2.75) is 45.1 Å². The fourth-order valence-electron chi connectivity index (χ4n) is 4.77. The van der Waals surface area contributed by atoms with Crippen molar-refractivity contribution in [3.8, 4) is 28.2 Å². The summed E-state index contributed by atoms with van der Waals surface area (Å²) in [7, 11) is 0. The van der Waals surface area contributed by atoms with Crippen LogP contribution in [0.5, 0.6) is 0 Å². The van der Waals surface area contributed by atoms with Gasteiger partial charge in [0.2, 0.25) is 0 Å². The molecule has 0 aliphatic heterocycles. The smallest absolute Gasteiger partial charge is 0.282 e. The van der Waals surface area contributed by atoms with Gasteiger partial charge in [0.05, 0.1) is 0 Å². The fraction of sp³-hybridized carbons (Fsp3) is 0.233.